The molecular formula is C30H28BrN3O5. The molecule has 0 aliphatic carbocycles. The average molecular weight is 590 g/mol. The molecule has 9 heteroatoms. The molecule has 2 fully saturated rings. The van der Waals surface area contributed by atoms with Crippen LogP contribution in [0, 0.1) is 6.92 Å². The van der Waals surface area contributed by atoms with E-state index in [2.05, 4.69) is 21.2 Å². The quantitative estimate of drug-likeness (QED) is 0.457. The maximum absolute atomic E-state index is 13.9. The molecule has 1 unspecified atom stereocenters. The number of amides is 3. The molecule has 3 atom stereocenters. The number of likely N-dealkylation sites (tertiary alicyclic amines) is 2. The number of carbonyl (C=O) groups is 4. The molecule has 3 amide bonds. The molecule has 0 aromatic heterocycles. The van der Waals surface area contributed by atoms with E-state index in [1.54, 1.807) is 53.4 Å². The maximum Gasteiger partial charge on any atom is 0.254 e. The first-order valence-corrected chi connectivity index (χ1v) is 13.6. The van der Waals surface area contributed by atoms with Crippen LogP contribution in [-0.2, 0) is 16.0 Å². The van der Waals surface area contributed by atoms with Crippen molar-refractivity contribution in [2.24, 2.45) is 0 Å². The molecule has 2 saturated heterocycles. The number of aromatic hydroxyl groups is 1. The number of phenolic OH excluding ortho intramolecular Hbond substituents is 1. The summed E-state index contributed by atoms with van der Waals surface area (Å²) in [6.45, 7) is 2.16. The van der Waals surface area contributed by atoms with Gasteiger partial charge in [0.1, 0.15) is 17.8 Å². The van der Waals surface area contributed by atoms with Crippen LogP contribution in [0.2, 0.25) is 0 Å². The Morgan fingerprint density at radius 2 is 1.72 bits per heavy atom. The zero-order chi connectivity index (χ0) is 27.7. The molecule has 0 spiro atoms. The summed E-state index contributed by atoms with van der Waals surface area (Å²) in [6, 6.07) is 18.3. The number of benzene rings is 3. The lowest BCUT2D eigenvalue weighted by atomic mass is 10.0. The smallest absolute Gasteiger partial charge is 0.254 e. The summed E-state index contributed by atoms with van der Waals surface area (Å²) in [7, 11) is 0. The number of hydrogen-bond acceptors (Lipinski definition) is 5. The van der Waals surface area contributed by atoms with Crippen molar-refractivity contribution in [3.63, 3.8) is 0 Å². The summed E-state index contributed by atoms with van der Waals surface area (Å²) in [5.41, 5.74) is 2.61. The molecule has 2 heterocycles. The van der Waals surface area contributed by atoms with Crippen LogP contribution in [0.25, 0.3) is 0 Å². The van der Waals surface area contributed by atoms with E-state index in [9.17, 15) is 24.3 Å². The van der Waals surface area contributed by atoms with Crippen LogP contribution in [-0.4, -0.2) is 69.6 Å². The van der Waals surface area contributed by atoms with Crippen molar-refractivity contribution in [2.75, 3.05) is 13.1 Å². The highest BCUT2D eigenvalue weighted by molar-refractivity contribution is 9.10. The summed E-state index contributed by atoms with van der Waals surface area (Å²) in [4.78, 5) is 56.5. The van der Waals surface area contributed by atoms with Gasteiger partial charge < -0.3 is 20.2 Å². The Labute approximate surface area is 234 Å². The highest BCUT2D eigenvalue weighted by Crippen LogP contribution is 2.32. The molecule has 0 radical (unpaired) electrons. The van der Waals surface area contributed by atoms with Gasteiger partial charge in [0.15, 0.2) is 5.78 Å². The highest BCUT2D eigenvalue weighted by Gasteiger charge is 2.52. The second-order valence-corrected chi connectivity index (χ2v) is 10.8. The zero-order valence-corrected chi connectivity index (χ0v) is 22.9. The largest absolute Gasteiger partial charge is 0.508 e. The van der Waals surface area contributed by atoms with Gasteiger partial charge in [-0.3, -0.25) is 19.2 Å². The molecule has 8 nitrogen and oxygen atoms in total. The van der Waals surface area contributed by atoms with Crippen molar-refractivity contribution < 1.29 is 24.3 Å². The normalized spacial score (nSPS) is 19.1. The van der Waals surface area contributed by atoms with Crippen LogP contribution >= 0.6 is 15.9 Å². The fourth-order valence-corrected chi connectivity index (χ4v) is 5.71. The Balaban J connectivity index is 1.39. The average Bonchev–Trinajstić information content (AvgIpc) is 3.52. The van der Waals surface area contributed by atoms with Crippen LogP contribution in [0.1, 0.15) is 38.3 Å². The van der Waals surface area contributed by atoms with Gasteiger partial charge >= 0.3 is 0 Å². The number of hydrogen-bond donors (Lipinski definition) is 2. The number of phenols is 1. The summed E-state index contributed by atoms with van der Waals surface area (Å²) in [6.07, 6.45) is 0.651. The van der Waals surface area contributed by atoms with E-state index in [1.807, 2.05) is 19.1 Å². The lowest BCUT2D eigenvalue weighted by Crippen LogP contribution is -2.53. The topological polar surface area (TPSA) is 107 Å². The third kappa shape index (κ3) is 5.45. The van der Waals surface area contributed by atoms with E-state index < -0.39 is 24.0 Å². The van der Waals surface area contributed by atoms with E-state index in [0.29, 0.717) is 24.1 Å². The van der Waals surface area contributed by atoms with Gasteiger partial charge in [0.05, 0.1) is 12.6 Å². The van der Waals surface area contributed by atoms with Crippen molar-refractivity contribution in [3.8, 4) is 5.75 Å². The second-order valence-electron chi connectivity index (χ2n) is 9.96. The minimum absolute atomic E-state index is 0.0563. The van der Waals surface area contributed by atoms with E-state index in [4.69, 9.17) is 0 Å². The van der Waals surface area contributed by atoms with Gasteiger partial charge in [0.2, 0.25) is 5.91 Å². The van der Waals surface area contributed by atoms with Crippen molar-refractivity contribution in [2.45, 2.75) is 37.9 Å². The molecule has 39 heavy (non-hydrogen) atoms. The van der Waals surface area contributed by atoms with Crippen molar-refractivity contribution in [1.29, 1.82) is 0 Å². The van der Waals surface area contributed by atoms with Crippen molar-refractivity contribution in [3.05, 3.63) is 99.5 Å². The van der Waals surface area contributed by atoms with Crippen molar-refractivity contribution in [1.82, 2.24) is 15.1 Å². The SMILES string of the molecule is Cc1ccc(C(=O)N[C@@H](Cc2ccc(O)cc2)C(=O)N2CCC3[C@H]2C(=O)CN3C(=O)c2ccccc2)cc1Br. The molecule has 0 saturated carbocycles. The first-order chi connectivity index (χ1) is 18.7. The summed E-state index contributed by atoms with van der Waals surface area (Å²) >= 11 is 3.45. The Morgan fingerprint density at radius 3 is 2.41 bits per heavy atom. The van der Waals surface area contributed by atoms with E-state index >= 15 is 0 Å². The summed E-state index contributed by atoms with van der Waals surface area (Å²) in [5, 5.41) is 12.5. The summed E-state index contributed by atoms with van der Waals surface area (Å²) < 4.78 is 0.777. The third-order valence-corrected chi connectivity index (χ3v) is 8.26. The molecule has 5 rings (SSSR count). The minimum atomic E-state index is -0.951. The van der Waals surface area contributed by atoms with Gasteiger partial charge in [-0.15, -0.1) is 0 Å². The first-order valence-electron chi connectivity index (χ1n) is 12.8. The van der Waals surface area contributed by atoms with Gasteiger partial charge in [0.25, 0.3) is 11.8 Å². The number of carbonyl (C=O) groups excluding carboxylic acids is 4. The zero-order valence-electron chi connectivity index (χ0n) is 21.3. The van der Waals surface area contributed by atoms with Crippen molar-refractivity contribution >= 4 is 39.4 Å². The number of rotatable bonds is 6. The number of ketones is 1. The number of nitrogens with zero attached hydrogens (tertiary/aromatic N) is 2. The molecule has 200 valence electrons. The lowest BCUT2D eigenvalue weighted by Gasteiger charge is -2.28. The molecular weight excluding hydrogens is 562 g/mol. The molecule has 2 N–H and O–H groups in total. The van der Waals surface area contributed by atoms with Crippen LogP contribution in [0.5, 0.6) is 5.75 Å². The van der Waals surface area contributed by atoms with Gasteiger partial charge in [-0.1, -0.05) is 52.3 Å². The third-order valence-electron chi connectivity index (χ3n) is 7.40. The number of fused-ring (bicyclic) bond motifs is 1. The fourth-order valence-electron chi connectivity index (χ4n) is 5.33. The Hall–Kier alpha value is -3.98. The number of nitrogens with one attached hydrogen (secondary N) is 1. The Morgan fingerprint density at radius 1 is 1.00 bits per heavy atom. The molecule has 2 aliphatic rings. The van der Waals surface area contributed by atoms with Crippen LogP contribution in [0.15, 0.2) is 77.3 Å². The highest BCUT2D eigenvalue weighted by atomic mass is 79.9. The van der Waals surface area contributed by atoms with Gasteiger partial charge in [-0.2, -0.15) is 0 Å². The summed E-state index contributed by atoms with van der Waals surface area (Å²) in [5.74, 6) is -1.12. The van der Waals surface area contributed by atoms with Crippen LogP contribution in [0.4, 0.5) is 0 Å². The predicted octanol–water partition coefficient (Wildman–Crippen LogP) is 3.50. The first kappa shape index (κ1) is 26.6. The van der Waals surface area contributed by atoms with Gasteiger partial charge in [-0.05, 0) is 60.9 Å². The monoisotopic (exact) mass is 589 g/mol. The van der Waals surface area contributed by atoms with Gasteiger partial charge in [0, 0.05) is 28.6 Å². The maximum atomic E-state index is 13.9. The van der Waals surface area contributed by atoms with E-state index in [1.165, 1.54) is 17.0 Å². The van der Waals surface area contributed by atoms with Gasteiger partial charge in [-0.25, -0.2) is 0 Å². The lowest BCUT2D eigenvalue weighted by molar-refractivity contribution is -0.138. The number of Topliss-reactive ketones (excluding diaryl/α,β-unsaturated/α-hetero) is 1. The minimum Gasteiger partial charge on any atom is -0.508 e. The van der Waals surface area contributed by atoms with Crippen LogP contribution in [0.3, 0.4) is 0 Å². The number of halogens is 1. The molecule has 0 bridgehead atoms. The molecule has 2 aliphatic heterocycles. The predicted molar refractivity (Wildman–Crippen MR) is 148 cm³/mol. The Bertz CT molecular complexity index is 1430. The fraction of sp³-hybridized carbons (Fsp3) is 0.267. The van der Waals surface area contributed by atoms with E-state index in [0.717, 1.165) is 15.6 Å². The Kier molecular flexibility index (Phi) is 7.52. The van der Waals surface area contributed by atoms with Crippen LogP contribution < -0.4 is 5.32 Å². The number of aryl methyl sites for hydroxylation is 1. The standard InChI is InChI=1S/C30H28BrN3O5/c1-18-7-10-21(16-23(18)31)28(37)32-24(15-19-8-11-22(35)12-9-19)30(39)33-14-13-25-27(33)26(36)17-34(25)29(38)20-5-3-2-4-6-20/h2-12,16,24-25,27,35H,13-15,17H2,1H3,(H,32,37)/t24-,25?,27-/m0/s1. The second kappa shape index (κ2) is 11.0. The molecule has 3 aromatic carbocycles. The van der Waals surface area contributed by atoms with E-state index in [-0.39, 0.29) is 36.3 Å². The molecule has 3 aromatic rings.